The van der Waals surface area contributed by atoms with Gasteiger partial charge in [-0.2, -0.15) is 0 Å². The number of phenolic OH excluding ortho intramolecular Hbond substituents is 1. The summed E-state index contributed by atoms with van der Waals surface area (Å²) in [6.07, 6.45) is 3.59. The minimum absolute atomic E-state index is 0.0438. The van der Waals surface area contributed by atoms with E-state index in [1.165, 1.54) is 5.56 Å². The van der Waals surface area contributed by atoms with Gasteiger partial charge in [-0.1, -0.05) is 53.7 Å². The Morgan fingerprint density at radius 3 is 1.67 bits per heavy atom. The molecule has 0 aliphatic carbocycles. The Morgan fingerprint density at radius 1 is 0.905 bits per heavy atom. The fraction of sp³-hybridized carbons (Fsp3) is 0.684. The second-order valence-electron chi connectivity index (χ2n) is 7.34. The van der Waals surface area contributed by atoms with E-state index in [1.54, 1.807) is 0 Å². The Bertz CT molecular complexity index is 435. The van der Waals surface area contributed by atoms with Gasteiger partial charge < -0.3 is 10.2 Å². The molecule has 0 saturated heterocycles. The number of aromatic hydroxyl groups is 1. The van der Waals surface area contributed by atoms with E-state index in [0.29, 0.717) is 5.75 Å². The summed E-state index contributed by atoms with van der Waals surface area (Å²) in [4.78, 5) is 0. The molecule has 0 saturated carbocycles. The van der Waals surface area contributed by atoms with Gasteiger partial charge in [0.1, 0.15) is 5.75 Å². The van der Waals surface area contributed by atoms with E-state index in [4.69, 9.17) is 5.11 Å². The second kappa shape index (κ2) is 6.83. The quantitative estimate of drug-likeness (QED) is 0.765. The summed E-state index contributed by atoms with van der Waals surface area (Å²) >= 11 is 0. The third kappa shape index (κ3) is 4.00. The third-order valence-corrected chi connectivity index (χ3v) is 5.02. The van der Waals surface area contributed by atoms with Crippen LogP contribution >= 0.6 is 0 Å². The van der Waals surface area contributed by atoms with Gasteiger partial charge in [0.25, 0.3) is 0 Å². The fourth-order valence-corrected chi connectivity index (χ4v) is 2.53. The maximum atomic E-state index is 10.8. The van der Waals surface area contributed by atoms with Crippen LogP contribution in [0, 0.1) is 0 Å². The maximum Gasteiger partial charge on any atom is 0.123 e. The topological polar surface area (TPSA) is 40.5 Å². The van der Waals surface area contributed by atoms with Crippen LogP contribution in [0.2, 0.25) is 0 Å². The Hall–Kier alpha value is -1.02. The lowest BCUT2D eigenvalue weighted by molar-refractivity contribution is 0.288. The predicted octanol–water partition coefficient (Wildman–Crippen LogP) is 4.69. The van der Waals surface area contributed by atoms with Crippen molar-refractivity contribution in [3.63, 3.8) is 0 Å². The lowest BCUT2D eigenvalue weighted by atomic mass is 9.74. The first-order chi connectivity index (χ1) is 9.69. The highest BCUT2D eigenvalue weighted by atomic mass is 16.3. The molecule has 0 bridgehead atoms. The lowest BCUT2D eigenvalue weighted by Crippen LogP contribution is -2.21. The number of aliphatic hydroxyl groups excluding tert-OH is 1. The highest BCUT2D eigenvalue weighted by Crippen LogP contribution is 2.42. The molecule has 21 heavy (non-hydrogen) atoms. The summed E-state index contributed by atoms with van der Waals surface area (Å²) in [5.41, 5.74) is 3.21. The van der Waals surface area contributed by atoms with E-state index in [9.17, 15) is 5.11 Å². The van der Waals surface area contributed by atoms with E-state index in [2.05, 4.69) is 53.7 Å². The summed E-state index contributed by atoms with van der Waals surface area (Å²) in [5.74, 6) is 0.460. The molecular weight excluding hydrogens is 260 g/mol. The lowest BCUT2D eigenvalue weighted by Gasteiger charge is -2.31. The molecule has 120 valence electrons. The van der Waals surface area contributed by atoms with Crippen LogP contribution in [0.25, 0.3) is 0 Å². The molecule has 2 nitrogen and oxygen atoms in total. The van der Waals surface area contributed by atoms with Crippen molar-refractivity contribution in [2.45, 2.75) is 78.1 Å². The molecule has 0 aromatic heterocycles. The van der Waals surface area contributed by atoms with Crippen LogP contribution in [-0.4, -0.2) is 16.8 Å². The highest BCUT2D eigenvalue weighted by molar-refractivity contribution is 5.50. The van der Waals surface area contributed by atoms with E-state index in [1.807, 2.05) is 0 Å². The van der Waals surface area contributed by atoms with Gasteiger partial charge >= 0.3 is 0 Å². The molecule has 0 aliphatic heterocycles. The number of aryl methyl sites for hydroxylation is 1. The van der Waals surface area contributed by atoms with Gasteiger partial charge in [0, 0.05) is 17.7 Å². The van der Waals surface area contributed by atoms with Gasteiger partial charge in [-0.3, -0.25) is 0 Å². The predicted molar refractivity (Wildman–Crippen MR) is 90.1 cm³/mol. The van der Waals surface area contributed by atoms with Crippen LogP contribution in [-0.2, 0) is 17.3 Å². The molecule has 0 amide bonds. The van der Waals surface area contributed by atoms with Crippen LogP contribution < -0.4 is 0 Å². The summed E-state index contributed by atoms with van der Waals surface area (Å²) < 4.78 is 0. The highest BCUT2D eigenvalue weighted by Gasteiger charge is 2.29. The fourth-order valence-electron chi connectivity index (χ4n) is 2.53. The molecule has 0 unspecified atom stereocenters. The standard InChI is InChI=1S/C19H32O2/c1-7-18(3,4)15-12-14(10-9-11-20)13-16(17(15)21)19(5,6)8-2/h12-13,20-21H,7-11H2,1-6H3. The smallest absolute Gasteiger partial charge is 0.123 e. The number of benzene rings is 1. The Labute approximate surface area is 130 Å². The van der Waals surface area contributed by atoms with Crippen molar-refractivity contribution < 1.29 is 10.2 Å². The molecule has 0 spiro atoms. The third-order valence-electron chi connectivity index (χ3n) is 5.02. The molecule has 0 heterocycles. The van der Waals surface area contributed by atoms with Gasteiger partial charge in [-0.15, -0.1) is 0 Å². The summed E-state index contributed by atoms with van der Waals surface area (Å²) in [6, 6.07) is 4.26. The zero-order chi connectivity index (χ0) is 16.3. The number of phenols is 1. The van der Waals surface area contributed by atoms with Crippen molar-refractivity contribution in [1.82, 2.24) is 0 Å². The van der Waals surface area contributed by atoms with Crippen LogP contribution in [0.3, 0.4) is 0 Å². The molecule has 0 fully saturated rings. The zero-order valence-corrected chi connectivity index (χ0v) is 14.6. The van der Waals surface area contributed by atoms with Gasteiger partial charge in [-0.05, 0) is 42.1 Å². The largest absolute Gasteiger partial charge is 0.507 e. The first kappa shape index (κ1) is 18.0. The summed E-state index contributed by atoms with van der Waals surface area (Å²) in [5, 5.41) is 19.9. The van der Waals surface area contributed by atoms with Gasteiger partial charge in [-0.25, -0.2) is 0 Å². The average Bonchev–Trinajstić information content (AvgIpc) is 2.45. The molecule has 0 radical (unpaired) electrons. The SMILES string of the molecule is CCC(C)(C)c1cc(CCCO)cc(C(C)(C)CC)c1O. The minimum Gasteiger partial charge on any atom is -0.507 e. The minimum atomic E-state index is -0.0438. The van der Waals surface area contributed by atoms with E-state index in [0.717, 1.165) is 36.8 Å². The van der Waals surface area contributed by atoms with E-state index in [-0.39, 0.29) is 17.4 Å². The van der Waals surface area contributed by atoms with Crippen LogP contribution in [0.5, 0.6) is 5.75 Å². The van der Waals surface area contributed by atoms with Gasteiger partial charge in [0.05, 0.1) is 0 Å². The number of hydrogen-bond acceptors (Lipinski definition) is 2. The van der Waals surface area contributed by atoms with Gasteiger partial charge in [0.2, 0.25) is 0 Å². The second-order valence-corrected chi connectivity index (χ2v) is 7.34. The molecule has 1 rings (SSSR count). The van der Waals surface area contributed by atoms with Crippen LogP contribution in [0.15, 0.2) is 12.1 Å². The molecule has 0 atom stereocenters. The van der Waals surface area contributed by atoms with Crippen molar-refractivity contribution in [3.8, 4) is 5.75 Å². The van der Waals surface area contributed by atoms with Gasteiger partial charge in [0.15, 0.2) is 0 Å². The van der Waals surface area contributed by atoms with Crippen LogP contribution in [0.4, 0.5) is 0 Å². The van der Waals surface area contributed by atoms with Crippen molar-refractivity contribution in [3.05, 3.63) is 28.8 Å². The first-order valence-corrected chi connectivity index (χ1v) is 8.17. The van der Waals surface area contributed by atoms with E-state index >= 15 is 0 Å². The van der Waals surface area contributed by atoms with Crippen molar-refractivity contribution >= 4 is 0 Å². The zero-order valence-electron chi connectivity index (χ0n) is 14.6. The number of hydrogen-bond donors (Lipinski definition) is 2. The summed E-state index contributed by atoms with van der Waals surface area (Å²) in [7, 11) is 0. The average molecular weight is 292 g/mol. The normalized spacial score (nSPS) is 12.7. The number of rotatable bonds is 7. The van der Waals surface area contributed by atoms with Crippen molar-refractivity contribution in [1.29, 1.82) is 0 Å². The van der Waals surface area contributed by atoms with Crippen LogP contribution in [0.1, 0.15) is 77.5 Å². The maximum absolute atomic E-state index is 10.8. The monoisotopic (exact) mass is 292 g/mol. The Morgan fingerprint density at radius 2 is 1.33 bits per heavy atom. The molecule has 2 heteroatoms. The molecule has 1 aromatic rings. The molecular formula is C19H32O2. The molecule has 1 aromatic carbocycles. The van der Waals surface area contributed by atoms with Crippen molar-refractivity contribution in [2.75, 3.05) is 6.61 Å². The number of aliphatic hydroxyl groups is 1. The summed E-state index contributed by atoms with van der Waals surface area (Å²) in [6.45, 7) is 13.2. The molecule has 2 N–H and O–H groups in total. The Balaban J connectivity index is 3.46. The molecule has 0 aliphatic rings. The first-order valence-electron chi connectivity index (χ1n) is 8.17. The van der Waals surface area contributed by atoms with Crippen molar-refractivity contribution in [2.24, 2.45) is 0 Å². The van der Waals surface area contributed by atoms with E-state index < -0.39 is 0 Å². The Kier molecular flexibility index (Phi) is 5.86.